The summed E-state index contributed by atoms with van der Waals surface area (Å²) in [4.78, 5) is 10.8. The summed E-state index contributed by atoms with van der Waals surface area (Å²) in [5.41, 5.74) is 0.0690. The number of rotatable bonds is 4. The highest BCUT2D eigenvalue weighted by atomic mass is 32.2. The Bertz CT molecular complexity index is 590. The molecule has 0 bridgehead atoms. The second-order valence-corrected chi connectivity index (χ2v) is 6.15. The van der Waals surface area contributed by atoms with Crippen molar-refractivity contribution >= 4 is 16.0 Å². The molecule has 0 spiro atoms. The SMILES string of the molecule is O=C(O)c1ccc(S(=O)(=O)NC2CC=CCC2)cc1. The molecule has 0 fully saturated rings. The summed E-state index contributed by atoms with van der Waals surface area (Å²) in [6.45, 7) is 0. The Morgan fingerprint density at radius 3 is 2.42 bits per heavy atom. The maximum Gasteiger partial charge on any atom is 0.335 e. The Kier molecular flexibility index (Phi) is 4.01. The summed E-state index contributed by atoms with van der Waals surface area (Å²) in [7, 11) is -3.58. The number of carboxylic acid groups (broad SMARTS) is 1. The van der Waals surface area contributed by atoms with Crippen molar-refractivity contribution in [3.63, 3.8) is 0 Å². The highest BCUT2D eigenvalue weighted by Gasteiger charge is 2.20. The second kappa shape index (κ2) is 5.54. The molecule has 2 N–H and O–H groups in total. The lowest BCUT2D eigenvalue weighted by Gasteiger charge is -2.19. The molecular formula is C13H15NO4S. The molecule has 0 amide bonds. The Morgan fingerprint density at radius 2 is 1.89 bits per heavy atom. The van der Waals surface area contributed by atoms with Crippen LogP contribution in [0.2, 0.25) is 0 Å². The van der Waals surface area contributed by atoms with Crippen LogP contribution in [0, 0.1) is 0 Å². The minimum Gasteiger partial charge on any atom is -0.478 e. The Labute approximate surface area is 112 Å². The van der Waals surface area contributed by atoms with E-state index in [0.717, 1.165) is 12.8 Å². The molecule has 102 valence electrons. The van der Waals surface area contributed by atoms with Gasteiger partial charge < -0.3 is 5.11 Å². The summed E-state index contributed by atoms with van der Waals surface area (Å²) >= 11 is 0. The predicted octanol–water partition coefficient (Wildman–Crippen LogP) is 1.77. The molecule has 5 nitrogen and oxygen atoms in total. The largest absolute Gasteiger partial charge is 0.478 e. The smallest absolute Gasteiger partial charge is 0.335 e. The fraction of sp³-hybridized carbons (Fsp3) is 0.308. The molecular weight excluding hydrogens is 266 g/mol. The summed E-state index contributed by atoms with van der Waals surface area (Å²) < 4.78 is 26.8. The summed E-state index contributed by atoms with van der Waals surface area (Å²) in [5, 5.41) is 8.77. The zero-order valence-corrected chi connectivity index (χ0v) is 11.1. The van der Waals surface area contributed by atoms with Gasteiger partial charge >= 0.3 is 5.97 Å². The Balaban J connectivity index is 2.14. The number of carboxylic acids is 1. The van der Waals surface area contributed by atoms with Gasteiger partial charge in [-0.05, 0) is 43.5 Å². The number of carbonyl (C=O) groups is 1. The normalized spacial score (nSPS) is 19.3. The first kappa shape index (κ1) is 13.8. The first-order valence-electron chi connectivity index (χ1n) is 6.00. The van der Waals surface area contributed by atoms with Crippen LogP contribution in [0.25, 0.3) is 0 Å². The molecule has 0 heterocycles. The third kappa shape index (κ3) is 3.42. The predicted molar refractivity (Wildman–Crippen MR) is 70.5 cm³/mol. The van der Waals surface area contributed by atoms with Gasteiger partial charge in [0.05, 0.1) is 10.5 Å². The lowest BCUT2D eigenvalue weighted by atomic mass is 10.0. The second-order valence-electron chi connectivity index (χ2n) is 4.43. The van der Waals surface area contributed by atoms with Gasteiger partial charge in [0.25, 0.3) is 0 Å². The zero-order chi connectivity index (χ0) is 13.9. The molecule has 0 saturated heterocycles. The van der Waals surface area contributed by atoms with Crippen LogP contribution in [-0.4, -0.2) is 25.5 Å². The topological polar surface area (TPSA) is 83.5 Å². The van der Waals surface area contributed by atoms with Gasteiger partial charge in [-0.2, -0.15) is 0 Å². The third-order valence-electron chi connectivity index (χ3n) is 3.00. The van der Waals surface area contributed by atoms with Crippen molar-refractivity contribution in [3.8, 4) is 0 Å². The molecule has 1 atom stereocenters. The maximum absolute atomic E-state index is 12.1. The number of sulfonamides is 1. The van der Waals surface area contributed by atoms with Gasteiger partial charge in [-0.15, -0.1) is 0 Å². The number of hydrogen-bond donors (Lipinski definition) is 2. The van der Waals surface area contributed by atoms with Crippen molar-refractivity contribution in [1.29, 1.82) is 0 Å². The minimum atomic E-state index is -3.58. The summed E-state index contributed by atoms with van der Waals surface area (Å²) in [5.74, 6) is -1.07. The first-order valence-corrected chi connectivity index (χ1v) is 7.48. The van der Waals surface area contributed by atoms with E-state index in [1.54, 1.807) is 0 Å². The van der Waals surface area contributed by atoms with Crippen LogP contribution in [0.5, 0.6) is 0 Å². The molecule has 0 radical (unpaired) electrons. The number of hydrogen-bond acceptors (Lipinski definition) is 3. The number of aromatic carboxylic acids is 1. The van der Waals surface area contributed by atoms with Gasteiger partial charge in [0.1, 0.15) is 0 Å². The highest BCUT2D eigenvalue weighted by molar-refractivity contribution is 7.89. The lowest BCUT2D eigenvalue weighted by Crippen LogP contribution is -2.35. The molecule has 19 heavy (non-hydrogen) atoms. The van der Waals surface area contributed by atoms with Crippen molar-refractivity contribution in [2.75, 3.05) is 0 Å². The fourth-order valence-corrected chi connectivity index (χ4v) is 3.25. The van der Waals surface area contributed by atoms with E-state index < -0.39 is 16.0 Å². The van der Waals surface area contributed by atoms with E-state index in [0.29, 0.717) is 6.42 Å². The van der Waals surface area contributed by atoms with E-state index in [4.69, 9.17) is 5.11 Å². The van der Waals surface area contributed by atoms with Crippen LogP contribution in [0.4, 0.5) is 0 Å². The summed E-state index contributed by atoms with van der Waals surface area (Å²) in [6, 6.07) is 5.11. The number of allylic oxidation sites excluding steroid dienone is 1. The number of nitrogens with one attached hydrogen (secondary N) is 1. The van der Waals surface area contributed by atoms with E-state index >= 15 is 0 Å². The van der Waals surface area contributed by atoms with Crippen molar-refractivity contribution in [3.05, 3.63) is 42.0 Å². The Morgan fingerprint density at radius 1 is 1.21 bits per heavy atom. The van der Waals surface area contributed by atoms with E-state index in [2.05, 4.69) is 4.72 Å². The van der Waals surface area contributed by atoms with Crippen LogP contribution >= 0.6 is 0 Å². The molecule has 1 unspecified atom stereocenters. The van der Waals surface area contributed by atoms with Crippen molar-refractivity contribution in [2.45, 2.75) is 30.2 Å². The molecule has 6 heteroatoms. The van der Waals surface area contributed by atoms with E-state index in [1.165, 1.54) is 24.3 Å². The monoisotopic (exact) mass is 281 g/mol. The van der Waals surface area contributed by atoms with Gasteiger partial charge in [0.15, 0.2) is 0 Å². The zero-order valence-electron chi connectivity index (χ0n) is 10.2. The molecule has 0 aromatic heterocycles. The first-order chi connectivity index (χ1) is 8.99. The maximum atomic E-state index is 12.1. The van der Waals surface area contributed by atoms with Crippen LogP contribution in [0.15, 0.2) is 41.3 Å². The van der Waals surface area contributed by atoms with Gasteiger partial charge in [-0.25, -0.2) is 17.9 Å². The molecule has 2 rings (SSSR count). The van der Waals surface area contributed by atoms with Gasteiger partial charge in [0.2, 0.25) is 10.0 Å². The van der Waals surface area contributed by atoms with E-state index in [1.807, 2.05) is 12.2 Å². The number of benzene rings is 1. The minimum absolute atomic E-state index is 0.0690. The van der Waals surface area contributed by atoms with Gasteiger partial charge in [-0.1, -0.05) is 12.2 Å². The molecule has 1 aliphatic rings. The highest BCUT2D eigenvalue weighted by Crippen LogP contribution is 2.16. The average molecular weight is 281 g/mol. The van der Waals surface area contributed by atoms with Gasteiger partial charge in [-0.3, -0.25) is 0 Å². The standard InChI is InChI=1S/C13H15NO4S/c15-13(16)10-6-8-12(9-7-10)19(17,18)14-11-4-2-1-3-5-11/h1-2,6-9,11,14H,3-5H2,(H,15,16). The van der Waals surface area contributed by atoms with Crippen LogP contribution < -0.4 is 4.72 Å². The van der Waals surface area contributed by atoms with E-state index in [-0.39, 0.29) is 16.5 Å². The van der Waals surface area contributed by atoms with Gasteiger partial charge in [0, 0.05) is 6.04 Å². The molecule has 1 aromatic carbocycles. The van der Waals surface area contributed by atoms with Crippen molar-refractivity contribution in [1.82, 2.24) is 4.72 Å². The van der Waals surface area contributed by atoms with Crippen LogP contribution in [-0.2, 0) is 10.0 Å². The molecule has 1 aliphatic carbocycles. The molecule has 1 aromatic rings. The Hall–Kier alpha value is -1.66. The molecule has 0 saturated carbocycles. The molecule has 0 aliphatic heterocycles. The lowest BCUT2D eigenvalue weighted by molar-refractivity contribution is 0.0696. The average Bonchev–Trinajstić information content (AvgIpc) is 2.39. The summed E-state index contributed by atoms with van der Waals surface area (Å²) in [6.07, 6.45) is 6.33. The van der Waals surface area contributed by atoms with Crippen molar-refractivity contribution < 1.29 is 18.3 Å². The van der Waals surface area contributed by atoms with Crippen molar-refractivity contribution in [2.24, 2.45) is 0 Å². The quantitative estimate of drug-likeness (QED) is 0.824. The fourth-order valence-electron chi connectivity index (χ4n) is 1.96. The van der Waals surface area contributed by atoms with E-state index in [9.17, 15) is 13.2 Å². The van der Waals surface area contributed by atoms with Crippen LogP contribution in [0.1, 0.15) is 29.6 Å². The third-order valence-corrected chi connectivity index (χ3v) is 4.54. The van der Waals surface area contributed by atoms with Crippen LogP contribution in [0.3, 0.4) is 0 Å².